The maximum absolute atomic E-state index is 12.6. The lowest BCUT2D eigenvalue weighted by Gasteiger charge is -2.20. The summed E-state index contributed by atoms with van der Waals surface area (Å²) in [6.07, 6.45) is 3.97. The number of allylic oxidation sites excluding steroid dienone is 1. The first kappa shape index (κ1) is 11.3. The zero-order valence-corrected chi connectivity index (χ0v) is 8.78. The van der Waals surface area contributed by atoms with Crippen LogP contribution in [0.3, 0.4) is 0 Å². The van der Waals surface area contributed by atoms with Crippen molar-refractivity contribution in [2.75, 3.05) is 5.75 Å². The number of nitrogens with zero attached hydrogens (tertiary/aromatic N) is 2. The minimum Gasteiger partial charge on any atom is -0.246 e. The van der Waals surface area contributed by atoms with Crippen LogP contribution in [0.1, 0.15) is 26.2 Å². The average molecular weight is 221 g/mol. The largest absolute Gasteiger partial charge is 0.246 e. The van der Waals surface area contributed by atoms with Crippen molar-refractivity contribution in [1.29, 1.82) is 0 Å². The van der Waals surface area contributed by atoms with E-state index in [1.165, 1.54) is 11.9 Å². The molecule has 0 saturated carbocycles. The van der Waals surface area contributed by atoms with E-state index >= 15 is 0 Å². The Morgan fingerprint density at radius 2 is 2.29 bits per heavy atom. The fourth-order valence-corrected chi connectivity index (χ4v) is 1.73. The third-order valence-corrected chi connectivity index (χ3v) is 2.48. The first-order chi connectivity index (χ1) is 6.72. The molecule has 0 bridgehead atoms. The molecule has 80 valence electrons. The maximum atomic E-state index is 12.6. The van der Waals surface area contributed by atoms with E-state index in [0.717, 1.165) is 29.5 Å². The molecule has 6 heteroatoms. The Morgan fingerprint density at radius 3 is 2.93 bits per heavy atom. The molecular formula is C8H13F2N3S. The molecule has 0 atom stereocenters. The van der Waals surface area contributed by atoms with Gasteiger partial charge in [-0.1, -0.05) is 19.8 Å². The van der Waals surface area contributed by atoms with Gasteiger partial charge in [0.05, 0.1) is 0 Å². The van der Waals surface area contributed by atoms with Crippen LogP contribution in [-0.4, -0.2) is 16.2 Å². The summed E-state index contributed by atoms with van der Waals surface area (Å²) < 4.78 is 26.3. The van der Waals surface area contributed by atoms with E-state index in [-0.39, 0.29) is 0 Å². The predicted molar refractivity (Wildman–Crippen MR) is 54.7 cm³/mol. The lowest BCUT2D eigenvalue weighted by molar-refractivity contribution is 0.341. The van der Waals surface area contributed by atoms with Gasteiger partial charge in [0.25, 0.3) is 0 Å². The Morgan fingerprint density at radius 1 is 1.50 bits per heavy atom. The summed E-state index contributed by atoms with van der Waals surface area (Å²) in [5.41, 5.74) is 2.29. The molecule has 0 unspecified atom stereocenters. The minimum atomic E-state index is -0.816. The van der Waals surface area contributed by atoms with Crippen LogP contribution in [-0.2, 0) is 0 Å². The summed E-state index contributed by atoms with van der Waals surface area (Å²) in [7, 11) is 0. The monoisotopic (exact) mass is 221 g/mol. The number of nitrogens with one attached hydrogen (secondary N) is 1. The summed E-state index contributed by atoms with van der Waals surface area (Å²) >= 11 is 1.26. The highest BCUT2D eigenvalue weighted by molar-refractivity contribution is 7.96. The zero-order chi connectivity index (χ0) is 10.4. The van der Waals surface area contributed by atoms with Gasteiger partial charge in [-0.05, 0) is 18.4 Å². The second kappa shape index (κ2) is 5.85. The van der Waals surface area contributed by atoms with Crippen LogP contribution in [0.2, 0.25) is 0 Å². The lowest BCUT2D eigenvalue weighted by atomic mass is 10.3. The number of hydrogen-bond donors (Lipinski definition) is 1. The van der Waals surface area contributed by atoms with Crippen LogP contribution in [0.25, 0.3) is 0 Å². The minimum absolute atomic E-state index is 0.711. The van der Waals surface area contributed by atoms with Crippen molar-refractivity contribution in [3.8, 4) is 0 Å². The molecule has 3 nitrogen and oxygen atoms in total. The molecule has 0 fully saturated rings. The van der Waals surface area contributed by atoms with E-state index in [1.54, 1.807) is 0 Å². The summed E-state index contributed by atoms with van der Waals surface area (Å²) in [4.78, 5) is 0. The summed E-state index contributed by atoms with van der Waals surface area (Å²) in [6.45, 7) is 2.10. The van der Waals surface area contributed by atoms with Gasteiger partial charge in [0.2, 0.25) is 11.9 Å². The molecule has 0 spiro atoms. The van der Waals surface area contributed by atoms with Crippen molar-refractivity contribution in [2.24, 2.45) is 5.10 Å². The maximum Gasteiger partial charge on any atom is 0.238 e. The predicted octanol–water partition coefficient (Wildman–Crippen LogP) is 2.74. The van der Waals surface area contributed by atoms with Crippen LogP contribution in [0.15, 0.2) is 17.1 Å². The van der Waals surface area contributed by atoms with Crippen LogP contribution < -0.4 is 5.43 Å². The van der Waals surface area contributed by atoms with Gasteiger partial charge in [0, 0.05) is 11.8 Å². The molecule has 1 aliphatic heterocycles. The number of hydrazine groups is 1. The molecule has 0 amide bonds. The molecule has 1 N–H and O–H groups in total. The van der Waals surface area contributed by atoms with E-state index < -0.39 is 11.9 Å². The van der Waals surface area contributed by atoms with Gasteiger partial charge in [-0.15, -0.1) is 9.62 Å². The van der Waals surface area contributed by atoms with Gasteiger partial charge in [-0.3, -0.25) is 0 Å². The second-order valence-electron chi connectivity index (χ2n) is 2.84. The van der Waals surface area contributed by atoms with Crippen LogP contribution in [0.4, 0.5) is 8.78 Å². The van der Waals surface area contributed by atoms with Crippen molar-refractivity contribution in [1.82, 2.24) is 9.95 Å². The van der Waals surface area contributed by atoms with Gasteiger partial charge in [0.1, 0.15) is 0 Å². The van der Waals surface area contributed by atoms with Crippen molar-refractivity contribution in [3.63, 3.8) is 0 Å². The molecule has 1 rings (SSSR count). The lowest BCUT2D eigenvalue weighted by Crippen LogP contribution is -2.29. The van der Waals surface area contributed by atoms with E-state index in [0.29, 0.717) is 6.08 Å². The van der Waals surface area contributed by atoms with Crippen LogP contribution in [0, 0.1) is 0 Å². The number of hydrazone groups is 1. The molecule has 0 aromatic rings. The Labute approximate surface area is 86.3 Å². The van der Waals surface area contributed by atoms with Gasteiger partial charge >= 0.3 is 0 Å². The molecule has 0 saturated heterocycles. The number of halogens is 2. The molecule has 0 radical (unpaired) electrons. The average Bonchev–Trinajstić information content (AvgIpc) is 2.11. The normalized spacial score (nSPS) is 16.1. The van der Waals surface area contributed by atoms with E-state index in [4.69, 9.17) is 0 Å². The zero-order valence-electron chi connectivity index (χ0n) is 7.96. The molecule has 0 aromatic carbocycles. The Hall–Kier alpha value is -0.780. The highest BCUT2D eigenvalue weighted by Gasteiger charge is 2.12. The van der Waals surface area contributed by atoms with Gasteiger partial charge < -0.3 is 0 Å². The number of hydrogen-bond acceptors (Lipinski definition) is 4. The SMILES string of the molecule is CCCCCSN1N=C(F)C=C(F)N1. The summed E-state index contributed by atoms with van der Waals surface area (Å²) in [5.74, 6) is -0.741. The topological polar surface area (TPSA) is 27.6 Å². The highest BCUT2D eigenvalue weighted by atomic mass is 32.2. The highest BCUT2D eigenvalue weighted by Crippen LogP contribution is 2.15. The molecule has 1 aliphatic rings. The second-order valence-corrected chi connectivity index (χ2v) is 3.85. The summed E-state index contributed by atoms with van der Waals surface area (Å²) in [5, 5.41) is 3.45. The number of rotatable bonds is 5. The van der Waals surface area contributed by atoms with Crippen LogP contribution in [0.5, 0.6) is 0 Å². The van der Waals surface area contributed by atoms with Crippen molar-refractivity contribution in [3.05, 3.63) is 12.0 Å². The molecule has 14 heavy (non-hydrogen) atoms. The van der Waals surface area contributed by atoms with Gasteiger partial charge in [0.15, 0.2) is 0 Å². The quantitative estimate of drug-likeness (QED) is 0.439. The Bertz CT molecular complexity index is 243. The first-order valence-corrected chi connectivity index (χ1v) is 5.47. The smallest absolute Gasteiger partial charge is 0.238 e. The third kappa shape index (κ3) is 3.95. The third-order valence-electron chi connectivity index (χ3n) is 1.60. The Kier molecular flexibility index (Phi) is 4.72. The van der Waals surface area contributed by atoms with E-state index in [1.807, 2.05) is 0 Å². The number of unbranched alkanes of at least 4 members (excludes halogenated alkanes) is 2. The summed E-state index contributed by atoms with van der Waals surface area (Å²) in [6, 6.07) is 0. The Balaban J connectivity index is 2.23. The van der Waals surface area contributed by atoms with Crippen molar-refractivity contribution < 1.29 is 8.78 Å². The first-order valence-electron chi connectivity index (χ1n) is 4.53. The fraction of sp³-hybridized carbons (Fsp3) is 0.625. The van der Waals surface area contributed by atoms with Gasteiger partial charge in [-0.2, -0.15) is 8.78 Å². The van der Waals surface area contributed by atoms with Gasteiger partial charge in [-0.25, -0.2) is 5.43 Å². The molecular weight excluding hydrogens is 208 g/mol. The fourth-order valence-electron chi connectivity index (χ4n) is 0.933. The molecule has 1 heterocycles. The van der Waals surface area contributed by atoms with Crippen molar-refractivity contribution in [2.45, 2.75) is 26.2 Å². The molecule has 0 aliphatic carbocycles. The van der Waals surface area contributed by atoms with Crippen LogP contribution >= 0.6 is 11.9 Å². The molecule has 0 aromatic heterocycles. The van der Waals surface area contributed by atoms with Crippen molar-refractivity contribution >= 4 is 17.9 Å². The van der Waals surface area contributed by atoms with E-state index in [2.05, 4.69) is 17.5 Å². The van der Waals surface area contributed by atoms with E-state index in [9.17, 15) is 8.78 Å². The standard InChI is InChI=1S/C8H13F2N3S/c1-2-3-4-5-14-13-11-7(9)6-8(10)12-13/h6,11H,2-5H2,1H3.